The molecule has 1 fully saturated rings. The van der Waals surface area contributed by atoms with Crippen LogP contribution in [0.2, 0.25) is 0 Å². The molecule has 1 saturated carbocycles. The average molecular weight is 301 g/mol. The third kappa shape index (κ3) is 6.63. The van der Waals surface area contributed by atoms with Gasteiger partial charge in [0, 0.05) is 38.3 Å². The summed E-state index contributed by atoms with van der Waals surface area (Å²) in [7, 11) is 1.70. The SMILES string of the molecule is COCCN(C1CC1)C(CN)C(C)NC(=O)OC(C)(C)C. The Balaban J connectivity index is 2.57. The molecule has 0 aromatic rings. The molecular weight excluding hydrogens is 270 g/mol. The van der Waals surface area contributed by atoms with E-state index in [4.69, 9.17) is 15.2 Å². The Morgan fingerprint density at radius 1 is 1.43 bits per heavy atom. The Hall–Kier alpha value is -0.850. The number of ether oxygens (including phenoxy) is 2. The normalized spacial score (nSPS) is 18.4. The number of rotatable bonds is 8. The van der Waals surface area contributed by atoms with Gasteiger partial charge in [-0.05, 0) is 40.5 Å². The smallest absolute Gasteiger partial charge is 0.407 e. The predicted molar refractivity (Wildman–Crippen MR) is 83.3 cm³/mol. The second kappa shape index (κ2) is 7.96. The molecule has 124 valence electrons. The largest absolute Gasteiger partial charge is 0.444 e. The number of nitrogens with two attached hydrogens (primary N) is 1. The van der Waals surface area contributed by atoms with Crippen LogP contribution in [0.25, 0.3) is 0 Å². The number of hydrogen-bond acceptors (Lipinski definition) is 5. The summed E-state index contributed by atoms with van der Waals surface area (Å²) >= 11 is 0. The van der Waals surface area contributed by atoms with E-state index in [1.165, 1.54) is 12.8 Å². The molecule has 3 N–H and O–H groups in total. The zero-order valence-electron chi connectivity index (χ0n) is 14.0. The Morgan fingerprint density at radius 3 is 2.48 bits per heavy atom. The van der Waals surface area contributed by atoms with Gasteiger partial charge in [0.25, 0.3) is 0 Å². The van der Waals surface area contributed by atoms with Crippen molar-refractivity contribution in [2.45, 2.75) is 64.3 Å². The number of hydrogen-bond donors (Lipinski definition) is 2. The van der Waals surface area contributed by atoms with Crippen LogP contribution < -0.4 is 11.1 Å². The molecule has 0 radical (unpaired) electrons. The van der Waals surface area contributed by atoms with Gasteiger partial charge in [0.15, 0.2) is 0 Å². The highest BCUT2D eigenvalue weighted by Gasteiger charge is 2.36. The van der Waals surface area contributed by atoms with Gasteiger partial charge in [0.2, 0.25) is 0 Å². The second-order valence-electron chi connectivity index (χ2n) is 6.70. The minimum absolute atomic E-state index is 0.0673. The zero-order chi connectivity index (χ0) is 16.0. The summed E-state index contributed by atoms with van der Waals surface area (Å²) in [6.45, 7) is 9.54. The van der Waals surface area contributed by atoms with Crippen molar-refractivity contribution < 1.29 is 14.3 Å². The molecule has 6 nitrogen and oxygen atoms in total. The van der Waals surface area contributed by atoms with E-state index in [1.54, 1.807) is 7.11 Å². The Labute approximate surface area is 128 Å². The van der Waals surface area contributed by atoms with Crippen LogP contribution in [0.4, 0.5) is 4.79 Å². The van der Waals surface area contributed by atoms with E-state index in [0.29, 0.717) is 19.2 Å². The lowest BCUT2D eigenvalue weighted by Gasteiger charge is -2.35. The number of amides is 1. The van der Waals surface area contributed by atoms with Crippen LogP contribution in [0.1, 0.15) is 40.5 Å². The fourth-order valence-corrected chi connectivity index (χ4v) is 2.44. The van der Waals surface area contributed by atoms with Gasteiger partial charge in [-0.1, -0.05) is 0 Å². The maximum atomic E-state index is 11.9. The molecule has 0 aromatic carbocycles. The highest BCUT2D eigenvalue weighted by atomic mass is 16.6. The summed E-state index contributed by atoms with van der Waals surface area (Å²) in [5, 5.41) is 2.90. The predicted octanol–water partition coefficient (Wildman–Crippen LogP) is 1.34. The molecule has 0 aliphatic heterocycles. The first-order chi connectivity index (χ1) is 9.78. The molecule has 0 aromatic heterocycles. The molecular formula is C15H31N3O3. The van der Waals surface area contributed by atoms with E-state index in [0.717, 1.165) is 6.54 Å². The van der Waals surface area contributed by atoms with Crippen LogP contribution >= 0.6 is 0 Å². The molecule has 21 heavy (non-hydrogen) atoms. The van der Waals surface area contributed by atoms with Crippen LogP contribution in [-0.4, -0.2) is 61.5 Å². The summed E-state index contributed by atoms with van der Waals surface area (Å²) in [6.07, 6.45) is 1.99. The van der Waals surface area contributed by atoms with Crippen LogP contribution in [0.3, 0.4) is 0 Å². The van der Waals surface area contributed by atoms with E-state index >= 15 is 0 Å². The van der Waals surface area contributed by atoms with Crippen LogP contribution in [0.5, 0.6) is 0 Å². The zero-order valence-corrected chi connectivity index (χ0v) is 14.0. The molecule has 0 saturated heterocycles. The maximum absolute atomic E-state index is 11.9. The quantitative estimate of drug-likeness (QED) is 0.707. The van der Waals surface area contributed by atoms with Crippen LogP contribution in [0.15, 0.2) is 0 Å². The van der Waals surface area contributed by atoms with Crippen LogP contribution in [-0.2, 0) is 9.47 Å². The molecule has 6 heteroatoms. The lowest BCUT2D eigenvalue weighted by Crippen LogP contribution is -2.55. The van der Waals surface area contributed by atoms with Gasteiger partial charge in [-0.25, -0.2) is 4.79 Å². The van der Waals surface area contributed by atoms with Crippen molar-refractivity contribution >= 4 is 6.09 Å². The fraction of sp³-hybridized carbons (Fsp3) is 0.933. The van der Waals surface area contributed by atoms with Crippen molar-refractivity contribution in [1.82, 2.24) is 10.2 Å². The first-order valence-corrected chi connectivity index (χ1v) is 7.72. The number of nitrogens with one attached hydrogen (secondary N) is 1. The van der Waals surface area contributed by atoms with Crippen molar-refractivity contribution in [1.29, 1.82) is 0 Å². The molecule has 0 spiro atoms. The molecule has 2 atom stereocenters. The number of alkyl carbamates (subject to hydrolysis) is 1. The summed E-state index contributed by atoms with van der Waals surface area (Å²) in [6, 6.07) is 0.596. The highest BCUT2D eigenvalue weighted by molar-refractivity contribution is 5.68. The van der Waals surface area contributed by atoms with E-state index in [1.807, 2.05) is 27.7 Å². The fourth-order valence-electron chi connectivity index (χ4n) is 2.44. The van der Waals surface area contributed by atoms with Crippen molar-refractivity contribution in [2.24, 2.45) is 5.73 Å². The van der Waals surface area contributed by atoms with Gasteiger partial charge >= 0.3 is 6.09 Å². The molecule has 0 bridgehead atoms. The lowest BCUT2D eigenvalue weighted by atomic mass is 10.1. The van der Waals surface area contributed by atoms with Crippen LogP contribution in [0, 0.1) is 0 Å². The highest BCUT2D eigenvalue weighted by Crippen LogP contribution is 2.29. The second-order valence-corrected chi connectivity index (χ2v) is 6.70. The van der Waals surface area contributed by atoms with E-state index in [9.17, 15) is 4.79 Å². The minimum Gasteiger partial charge on any atom is -0.444 e. The molecule has 0 heterocycles. The van der Waals surface area contributed by atoms with Crippen molar-refractivity contribution in [3.63, 3.8) is 0 Å². The summed E-state index contributed by atoms with van der Waals surface area (Å²) < 4.78 is 10.5. The van der Waals surface area contributed by atoms with Gasteiger partial charge in [0.1, 0.15) is 5.60 Å². The molecule has 1 aliphatic carbocycles. The summed E-state index contributed by atoms with van der Waals surface area (Å²) in [5.41, 5.74) is 5.45. The molecule has 2 unspecified atom stereocenters. The van der Waals surface area contributed by atoms with Gasteiger partial charge in [-0.15, -0.1) is 0 Å². The first-order valence-electron chi connectivity index (χ1n) is 7.72. The number of carbonyl (C=O) groups is 1. The third-order valence-corrected chi connectivity index (χ3v) is 3.56. The van der Waals surface area contributed by atoms with E-state index in [-0.39, 0.29) is 12.1 Å². The standard InChI is InChI=1S/C15H31N3O3/c1-11(17-14(19)21-15(2,3)4)13(10-16)18(8-9-20-5)12-6-7-12/h11-13H,6-10,16H2,1-5H3,(H,17,19). The van der Waals surface area contributed by atoms with Gasteiger partial charge < -0.3 is 20.5 Å². The Bertz CT molecular complexity index is 327. The van der Waals surface area contributed by atoms with Gasteiger partial charge in [0.05, 0.1) is 6.61 Å². The van der Waals surface area contributed by atoms with Crippen molar-refractivity contribution in [3.8, 4) is 0 Å². The van der Waals surface area contributed by atoms with Gasteiger partial charge in [-0.3, -0.25) is 4.90 Å². The lowest BCUT2D eigenvalue weighted by molar-refractivity contribution is 0.0450. The Kier molecular flexibility index (Phi) is 6.90. The van der Waals surface area contributed by atoms with Crippen molar-refractivity contribution in [2.75, 3.05) is 26.8 Å². The number of carbonyl (C=O) groups excluding carboxylic acids is 1. The first kappa shape index (κ1) is 18.2. The van der Waals surface area contributed by atoms with E-state index < -0.39 is 11.7 Å². The molecule has 1 aliphatic rings. The Morgan fingerprint density at radius 2 is 2.05 bits per heavy atom. The van der Waals surface area contributed by atoms with Crippen molar-refractivity contribution in [3.05, 3.63) is 0 Å². The minimum atomic E-state index is -0.492. The maximum Gasteiger partial charge on any atom is 0.407 e. The summed E-state index contributed by atoms with van der Waals surface area (Å²) in [4.78, 5) is 14.2. The topological polar surface area (TPSA) is 76.8 Å². The van der Waals surface area contributed by atoms with Gasteiger partial charge in [-0.2, -0.15) is 0 Å². The number of nitrogens with zero attached hydrogens (tertiary/aromatic N) is 1. The average Bonchev–Trinajstić information content (AvgIpc) is 3.15. The number of methoxy groups -OCH3 is 1. The summed E-state index contributed by atoms with van der Waals surface area (Å²) in [5.74, 6) is 0. The van der Waals surface area contributed by atoms with E-state index in [2.05, 4.69) is 10.2 Å². The molecule has 1 rings (SSSR count). The molecule has 1 amide bonds. The third-order valence-electron chi connectivity index (χ3n) is 3.56. The monoisotopic (exact) mass is 301 g/mol.